The van der Waals surface area contributed by atoms with Crippen molar-refractivity contribution in [1.82, 2.24) is 10.3 Å². The van der Waals surface area contributed by atoms with Crippen LogP contribution in [0.15, 0.2) is 12.1 Å². The molecule has 0 aromatic carbocycles. The molecule has 1 N–H and O–H groups in total. The van der Waals surface area contributed by atoms with Crippen LogP contribution in [0.2, 0.25) is 0 Å². The molecule has 118 valence electrons. The van der Waals surface area contributed by atoms with Crippen molar-refractivity contribution in [2.45, 2.75) is 78.4 Å². The molecule has 0 spiro atoms. The highest BCUT2D eigenvalue weighted by molar-refractivity contribution is 5.45. The van der Waals surface area contributed by atoms with Crippen LogP contribution in [0, 0.1) is 0 Å². The normalized spacial score (nSPS) is 19.3. The van der Waals surface area contributed by atoms with Crippen LogP contribution in [-0.2, 0) is 13.0 Å². The maximum Gasteiger partial charge on any atom is 0.129 e. The maximum atomic E-state index is 4.90. The zero-order chi connectivity index (χ0) is 15.5. The lowest BCUT2D eigenvalue weighted by atomic mass is 10.1. The first-order valence-corrected chi connectivity index (χ1v) is 8.40. The van der Waals surface area contributed by atoms with Crippen molar-refractivity contribution in [3.8, 4) is 0 Å². The van der Waals surface area contributed by atoms with Crippen LogP contribution >= 0.6 is 0 Å². The van der Waals surface area contributed by atoms with Crippen molar-refractivity contribution in [3.63, 3.8) is 0 Å². The molecule has 3 nitrogen and oxygen atoms in total. The van der Waals surface area contributed by atoms with Crippen molar-refractivity contribution < 1.29 is 0 Å². The molecular formula is C18H31N3. The minimum absolute atomic E-state index is 0.148. The third-order valence-electron chi connectivity index (χ3n) is 4.10. The Bertz CT molecular complexity index is 462. The minimum Gasteiger partial charge on any atom is -0.354 e. The Balaban J connectivity index is 2.21. The van der Waals surface area contributed by atoms with E-state index in [9.17, 15) is 0 Å². The smallest absolute Gasteiger partial charge is 0.129 e. The Kier molecular flexibility index (Phi) is 5.26. The number of aromatic nitrogens is 1. The van der Waals surface area contributed by atoms with Gasteiger partial charge in [0.25, 0.3) is 0 Å². The average molecular weight is 289 g/mol. The summed E-state index contributed by atoms with van der Waals surface area (Å²) in [5, 5.41) is 3.59. The molecule has 1 aromatic heterocycles. The first-order chi connectivity index (χ1) is 9.89. The van der Waals surface area contributed by atoms with Crippen molar-refractivity contribution in [3.05, 3.63) is 23.4 Å². The molecule has 1 fully saturated rings. The lowest BCUT2D eigenvalue weighted by Crippen LogP contribution is -2.35. The lowest BCUT2D eigenvalue weighted by molar-refractivity contribution is 0.424. The van der Waals surface area contributed by atoms with E-state index in [-0.39, 0.29) is 5.54 Å². The van der Waals surface area contributed by atoms with Gasteiger partial charge in [-0.1, -0.05) is 13.3 Å². The van der Waals surface area contributed by atoms with Crippen LogP contribution in [-0.4, -0.2) is 23.1 Å². The molecule has 1 aliphatic heterocycles. The molecule has 1 atom stereocenters. The minimum atomic E-state index is 0.148. The number of aryl methyl sites for hydroxylation is 1. The highest BCUT2D eigenvalue weighted by atomic mass is 15.2. The summed E-state index contributed by atoms with van der Waals surface area (Å²) in [5.74, 6) is 1.18. The van der Waals surface area contributed by atoms with Gasteiger partial charge in [-0.25, -0.2) is 4.98 Å². The predicted molar refractivity (Wildman–Crippen MR) is 90.9 cm³/mol. The maximum absolute atomic E-state index is 4.90. The molecule has 0 saturated carbocycles. The second kappa shape index (κ2) is 6.78. The molecule has 0 aliphatic carbocycles. The van der Waals surface area contributed by atoms with Gasteiger partial charge in [-0.15, -0.1) is 0 Å². The summed E-state index contributed by atoms with van der Waals surface area (Å²) in [6.07, 6.45) is 4.79. The SMILES string of the molecule is CCCc1cc(CNC(C)(C)C)cc(N2CCCC2C)n1. The fourth-order valence-electron chi connectivity index (χ4n) is 2.91. The van der Waals surface area contributed by atoms with E-state index < -0.39 is 0 Å². The van der Waals surface area contributed by atoms with Crippen LogP contribution in [0.3, 0.4) is 0 Å². The Morgan fingerprint density at radius 2 is 2.10 bits per heavy atom. The molecule has 3 heteroatoms. The van der Waals surface area contributed by atoms with E-state index in [1.807, 2.05) is 0 Å². The van der Waals surface area contributed by atoms with Crippen LogP contribution in [0.25, 0.3) is 0 Å². The number of hydrogen-bond donors (Lipinski definition) is 1. The molecular weight excluding hydrogens is 258 g/mol. The van der Waals surface area contributed by atoms with E-state index in [2.05, 4.69) is 57.0 Å². The molecule has 2 heterocycles. The van der Waals surface area contributed by atoms with Crippen molar-refractivity contribution in [1.29, 1.82) is 0 Å². The number of anilines is 1. The highest BCUT2D eigenvalue weighted by Gasteiger charge is 2.22. The Morgan fingerprint density at radius 1 is 1.33 bits per heavy atom. The van der Waals surface area contributed by atoms with Gasteiger partial charge in [0.05, 0.1) is 0 Å². The summed E-state index contributed by atoms with van der Waals surface area (Å²) >= 11 is 0. The molecule has 1 aromatic rings. The Morgan fingerprint density at radius 3 is 2.67 bits per heavy atom. The van der Waals surface area contributed by atoms with E-state index in [0.717, 1.165) is 25.9 Å². The third-order valence-corrected chi connectivity index (χ3v) is 4.10. The summed E-state index contributed by atoms with van der Waals surface area (Å²) in [6.45, 7) is 13.2. The standard InChI is InChI=1S/C18H31N3/c1-6-8-16-11-15(13-19-18(3,4)5)12-17(20-16)21-10-7-9-14(21)2/h11-12,14,19H,6-10,13H2,1-5H3. The molecule has 21 heavy (non-hydrogen) atoms. The summed E-state index contributed by atoms with van der Waals surface area (Å²) < 4.78 is 0. The van der Waals surface area contributed by atoms with Crippen molar-refractivity contribution in [2.75, 3.05) is 11.4 Å². The van der Waals surface area contributed by atoms with Crippen molar-refractivity contribution in [2.24, 2.45) is 0 Å². The van der Waals surface area contributed by atoms with Gasteiger partial charge in [-0.2, -0.15) is 0 Å². The fourth-order valence-corrected chi connectivity index (χ4v) is 2.91. The summed E-state index contributed by atoms with van der Waals surface area (Å²) in [7, 11) is 0. The average Bonchev–Trinajstić information content (AvgIpc) is 2.82. The van der Waals surface area contributed by atoms with Crippen LogP contribution in [0.4, 0.5) is 5.82 Å². The molecule has 1 unspecified atom stereocenters. The van der Waals surface area contributed by atoms with Gasteiger partial charge >= 0.3 is 0 Å². The number of rotatable bonds is 5. The van der Waals surface area contributed by atoms with Gasteiger partial charge in [0.15, 0.2) is 0 Å². The van der Waals surface area contributed by atoms with Gasteiger partial charge in [0.1, 0.15) is 5.82 Å². The van der Waals surface area contributed by atoms with Crippen LogP contribution < -0.4 is 10.2 Å². The number of pyridine rings is 1. The van der Waals surface area contributed by atoms with Gasteiger partial charge in [-0.05, 0) is 64.7 Å². The molecule has 2 rings (SSSR count). The van der Waals surface area contributed by atoms with Gasteiger partial charge in [0.2, 0.25) is 0 Å². The van der Waals surface area contributed by atoms with Crippen LogP contribution in [0.1, 0.15) is 65.1 Å². The predicted octanol–water partition coefficient (Wildman–Crippen LogP) is 3.91. The molecule has 0 bridgehead atoms. The first-order valence-electron chi connectivity index (χ1n) is 8.40. The fraction of sp³-hybridized carbons (Fsp3) is 0.722. The van der Waals surface area contributed by atoms with Crippen molar-refractivity contribution >= 4 is 5.82 Å². The van der Waals surface area contributed by atoms with E-state index in [4.69, 9.17) is 4.98 Å². The monoisotopic (exact) mass is 289 g/mol. The second-order valence-corrected chi connectivity index (χ2v) is 7.36. The number of nitrogens with zero attached hydrogens (tertiary/aromatic N) is 2. The largest absolute Gasteiger partial charge is 0.354 e. The third kappa shape index (κ3) is 4.70. The van der Waals surface area contributed by atoms with Gasteiger partial charge in [-0.3, -0.25) is 0 Å². The topological polar surface area (TPSA) is 28.2 Å². The Hall–Kier alpha value is -1.09. The number of hydrogen-bond acceptors (Lipinski definition) is 3. The quantitative estimate of drug-likeness (QED) is 0.890. The zero-order valence-corrected chi connectivity index (χ0v) is 14.4. The van der Waals surface area contributed by atoms with E-state index >= 15 is 0 Å². The molecule has 1 saturated heterocycles. The second-order valence-electron chi connectivity index (χ2n) is 7.36. The van der Waals surface area contributed by atoms with Gasteiger partial charge < -0.3 is 10.2 Å². The van der Waals surface area contributed by atoms with Gasteiger partial charge in [0, 0.05) is 30.4 Å². The molecule has 0 amide bonds. The number of nitrogens with one attached hydrogen (secondary N) is 1. The summed E-state index contributed by atoms with van der Waals surface area (Å²) in [5.41, 5.74) is 2.74. The molecule has 1 aliphatic rings. The van der Waals surface area contributed by atoms with Crippen LogP contribution in [0.5, 0.6) is 0 Å². The highest BCUT2D eigenvalue weighted by Crippen LogP contribution is 2.25. The zero-order valence-electron chi connectivity index (χ0n) is 14.4. The van der Waals surface area contributed by atoms with E-state index in [1.54, 1.807) is 0 Å². The summed E-state index contributed by atoms with van der Waals surface area (Å²) in [4.78, 5) is 7.37. The van der Waals surface area contributed by atoms with E-state index in [1.165, 1.54) is 29.9 Å². The lowest BCUT2D eigenvalue weighted by Gasteiger charge is -2.25. The first kappa shape index (κ1) is 16.3. The Labute approximate surface area is 130 Å². The van der Waals surface area contributed by atoms with E-state index in [0.29, 0.717) is 6.04 Å². The summed E-state index contributed by atoms with van der Waals surface area (Å²) in [6, 6.07) is 5.17. The molecule has 0 radical (unpaired) electrons.